The van der Waals surface area contributed by atoms with E-state index in [1.54, 1.807) is 18.2 Å². The smallest absolute Gasteiger partial charge is 0.261 e. The Kier molecular flexibility index (Phi) is 6.72. The molecule has 0 bridgehead atoms. The highest BCUT2D eigenvalue weighted by Crippen LogP contribution is 2.36. The molecular weight excluding hydrogens is 440 g/mol. The lowest BCUT2D eigenvalue weighted by molar-refractivity contribution is 0.102. The quantitative estimate of drug-likeness (QED) is 0.532. The molecule has 0 unspecified atom stereocenters. The molecule has 0 aliphatic heterocycles. The second-order valence-corrected chi connectivity index (χ2v) is 8.68. The van der Waals surface area contributed by atoms with Crippen molar-refractivity contribution in [3.63, 3.8) is 0 Å². The highest BCUT2D eigenvalue weighted by molar-refractivity contribution is 7.92. The summed E-state index contributed by atoms with van der Waals surface area (Å²) < 4.78 is 38.3. The van der Waals surface area contributed by atoms with Crippen LogP contribution in [0.2, 0.25) is 5.02 Å². The van der Waals surface area contributed by atoms with Gasteiger partial charge in [-0.05, 0) is 48.9 Å². The van der Waals surface area contributed by atoms with Crippen LogP contribution in [-0.4, -0.2) is 28.5 Å². The first kappa shape index (κ1) is 22.5. The normalized spacial score (nSPS) is 11.0. The van der Waals surface area contributed by atoms with Crippen LogP contribution in [0.15, 0.2) is 65.6 Å². The minimum absolute atomic E-state index is 0.0392. The summed E-state index contributed by atoms with van der Waals surface area (Å²) in [4.78, 5) is 12.7. The van der Waals surface area contributed by atoms with Gasteiger partial charge in [0, 0.05) is 11.6 Å². The summed E-state index contributed by atoms with van der Waals surface area (Å²) in [6.45, 7) is 1.81. The number of nitrogens with one attached hydrogen (secondary N) is 2. The number of aryl methyl sites for hydroxylation is 1. The highest BCUT2D eigenvalue weighted by Gasteiger charge is 2.17. The molecule has 3 rings (SSSR count). The van der Waals surface area contributed by atoms with Crippen LogP contribution in [0, 0.1) is 6.92 Å². The van der Waals surface area contributed by atoms with E-state index in [-0.39, 0.29) is 10.5 Å². The first-order valence-corrected chi connectivity index (χ1v) is 11.0. The van der Waals surface area contributed by atoms with E-state index in [1.165, 1.54) is 44.6 Å². The number of rotatable bonds is 7. The monoisotopic (exact) mass is 460 g/mol. The second kappa shape index (κ2) is 9.28. The van der Waals surface area contributed by atoms with Crippen molar-refractivity contribution in [3.05, 3.63) is 76.8 Å². The van der Waals surface area contributed by atoms with E-state index in [9.17, 15) is 13.2 Å². The number of para-hydroxylation sites is 1. The second-order valence-electron chi connectivity index (χ2n) is 6.59. The van der Waals surface area contributed by atoms with Crippen molar-refractivity contribution >= 4 is 38.9 Å². The third-order valence-corrected chi connectivity index (χ3v) is 6.22. The van der Waals surface area contributed by atoms with E-state index in [4.69, 9.17) is 21.1 Å². The van der Waals surface area contributed by atoms with Gasteiger partial charge in [0.1, 0.15) is 11.5 Å². The number of hydrogen-bond acceptors (Lipinski definition) is 5. The van der Waals surface area contributed by atoms with Gasteiger partial charge in [-0.15, -0.1) is 0 Å². The Morgan fingerprint density at radius 2 is 1.55 bits per heavy atom. The van der Waals surface area contributed by atoms with E-state index < -0.39 is 15.9 Å². The van der Waals surface area contributed by atoms with Crippen molar-refractivity contribution in [3.8, 4) is 11.5 Å². The molecule has 0 heterocycles. The van der Waals surface area contributed by atoms with Crippen molar-refractivity contribution in [2.45, 2.75) is 11.8 Å². The Labute approximate surface area is 186 Å². The Balaban J connectivity index is 1.79. The molecule has 3 aromatic rings. The first-order chi connectivity index (χ1) is 14.7. The minimum atomic E-state index is -3.79. The van der Waals surface area contributed by atoms with Gasteiger partial charge in [0.05, 0.1) is 35.5 Å². The average molecular weight is 461 g/mol. The third kappa shape index (κ3) is 5.10. The van der Waals surface area contributed by atoms with Gasteiger partial charge >= 0.3 is 0 Å². The molecule has 0 aliphatic carbocycles. The first-order valence-electron chi connectivity index (χ1n) is 9.16. The fraction of sp³-hybridized carbons (Fsp3) is 0.136. The number of methoxy groups -OCH3 is 2. The van der Waals surface area contributed by atoms with Gasteiger partial charge < -0.3 is 14.8 Å². The van der Waals surface area contributed by atoms with E-state index >= 15 is 0 Å². The number of halogens is 1. The molecule has 0 saturated carbocycles. The molecule has 3 aromatic carbocycles. The zero-order valence-corrected chi connectivity index (χ0v) is 18.7. The summed E-state index contributed by atoms with van der Waals surface area (Å²) >= 11 is 6.13. The topological polar surface area (TPSA) is 93.7 Å². The largest absolute Gasteiger partial charge is 0.495 e. The molecular formula is C22H21ClN2O5S. The van der Waals surface area contributed by atoms with Gasteiger partial charge in [0.2, 0.25) is 0 Å². The van der Waals surface area contributed by atoms with Crippen LogP contribution in [0.4, 0.5) is 11.4 Å². The van der Waals surface area contributed by atoms with Gasteiger partial charge in [-0.1, -0.05) is 29.8 Å². The van der Waals surface area contributed by atoms with Crippen molar-refractivity contribution < 1.29 is 22.7 Å². The van der Waals surface area contributed by atoms with Crippen molar-refractivity contribution in [2.75, 3.05) is 24.3 Å². The molecule has 162 valence electrons. The number of hydrogen-bond donors (Lipinski definition) is 2. The maximum atomic E-state index is 12.7. The maximum Gasteiger partial charge on any atom is 0.261 e. The molecule has 31 heavy (non-hydrogen) atoms. The van der Waals surface area contributed by atoms with Crippen molar-refractivity contribution in [2.24, 2.45) is 0 Å². The Morgan fingerprint density at radius 3 is 2.16 bits per heavy atom. The van der Waals surface area contributed by atoms with Gasteiger partial charge in [-0.25, -0.2) is 8.42 Å². The lowest BCUT2D eigenvalue weighted by atomic mass is 10.2. The van der Waals surface area contributed by atoms with Gasteiger partial charge in [-0.2, -0.15) is 0 Å². The summed E-state index contributed by atoms with van der Waals surface area (Å²) in [5.41, 5.74) is 1.92. The lowest BCUT2D eigenvalue weighted by Crippen LogP contribution is -2.15. The number of carbonyl (C=O) groups excluding carboxylic acids is 1. The number of amides is 1. The van der Waals surface area contributed by atoms with E-state index in [1.807, 2.05) is 19.1 Å². The molecule has 7 nitrogen and oxygen atoms in total. The standard InChI is InChI=1S/C22H21ClN2O5S/c1-14-6-4-5-7-18(14)25-31(27,28)16-10-8-15(9-11-16)22(26)24-19-12-17(23)20(29-2)13-21(19)30-3/h4-13,25H,1-3H3,(H,24,26). The molecule has 0 fully saturated rings. The van der Waals surface area contributed by atoms with Gasteiger partial charge in [0.25, 0.3) is 15.9 Å². The summed E-state index contributed by atoms with van der Waals surface area (Å²) in [6.07, 6.45) is 0. The van der Waals surface area contributed by atoms with Gasteiger partial charge in [0.15, 0.2) is 0 Å². The Morgan fingerprint density at radius 1 is 0.903 bits per heavy atom. The fourth-order valence-corrected chi connectivity index (χ4v) is 4.20. The molecule has 0 aromatic heterocycles. The van der Waals surface area contributed by atoms with Gasteiger partial charge in [-0.3, -0.25) is 9.52 Å². The molecule has 0 spiro atoms. The molecule has 9 heteroatoms. The molecule has 2 N–H and O–H groups in total. The van der Waals surface area contributed by atoms with Crippen molar-refractivity contribution in [1.29, 1.82) is 0 Å². The molecule has 1 amide bonds. The SMILES string of the molecule is COc1cc(OC)c(NC(=O)c2ccc(S(=O)(=O)Nc3ccccc3C)cc2)cc1Cl. The number of carbonyl (C=O) groups is 1. The number of sulfonamides is 1. The van der Waals surface area contributed by atoms with E-state index in [0.717, 1.165) is 5.56 Å². The highest BCUT2D eigenvalue weighted by atomic mass is 35.5. The molecule has 0 aliphatic rings. The number of anilines is 2. The predicted molar refractivity (Wildman–Crippen MR) is 121 cm³/mol. The zero-order chi connectivity index (χ0) is 22.6. The van der Waals surface area contributed by atoms with Crippen LogP contribution in [0.5, 0.6) is 11.5 Å². The molecule has 0 radical (unpaired) electrons. The van der Waals surface area contributed by atoms with E-state index in [2.05, 4.69) is 10.0 Å². The van der Waals surface area contributed by atoms with Crippen LogP contribution >= 0.6 is 11.6 Å². The Bertz CT molecular complexity index is 1210. The van der Waals surface area contributed by atoms with Crippen LogP contribution in [0.25, 0.3) is 0 Å². The predicted octanol–water partition coefficient (Wildman–Crippen LogP) is 4.72. The maximum absolute atomic E-state index is 12.7. The summed E-state index contributed by atoms with van der Waals surface area (Å²) in [7, 11) is -0.862. The van der Waals surface area contributed by atoms with Crippen LogP contribution in [-0.2, 0) is 10.0 Å². The summed E-state index contributed by atoms with van der Waals surface area (Å²) in [6, 6.07) is 15.7. The van der Waals surface area contributed by atoms with E-state index in [0.29, 0.717) is 27.9 Å². The Hall–Kier alpha value is -3.23. The summed E-state index contributed by atoms with van der Waals surface area (Å²) in [5.74, 6) is 0.332. The minimum Gasteiger partial charge on any atom is -0.495 e. The third-order valence-electron chi connectivity index (χ3n) is 4.54. The lowest BCUT2D eigenvalue weighted by Gasteiger charge is -2.13. The van der Waals surface area contributed by atoms with Crippen LogP contribution in [0.1, 0.15) is 15.9 Å². The fourth-order valence-electron chi connectivity index (χ4n) is 2.83. The number of benzene rings is 3. The summed E-state index contributed by atoms with van der Waals surface area (Å²) in [5, 5.41) is 3.01. The zero-order valence-electron chi connectivity index (χ0n) is 17.1. The number of ether oxygens (including phenoxy) is 2. The van der Waals surface area contributed by atoms with Crippen LogP contribution in [0.3, 0.4) is 0 Å². The average Bonchev–Trinajstić information content (AvgIpc) is 2.75. The molecule has 0 saturated heterocycles. The van der Waals surface area contributed by atoms with Crippen LogP contribution < -0.4 is 19.5 Å². The molecule has 0 atom stereocenters. The van der Waals surface area contributed by atoms with Crippen molar-refractivity contribution in [1.82, 2.24) is 0 Å².